The van der Waals surface area contributed by atoms with Gasteiger partial charge in [-0.1, -0.05) is 56.8 Å². The molecule has 0 N–H and O–H groups in total. The zero-order chi connectivity index (χ0) is 17.6. The lowest BCUT2D eigenvalue weighted by atomic mass is 9.90. The maximum Gasteiger partial charge on any atom is 0.215 e. The van der Waals surface area contributed by atoms with Crippen LogP contribution in [0, 0.1) is 6.92 Å². The van der Waals surface area contributed by atoms with E-state index in [1.54, 1.807) is 10.4 Å². The number of aromatic nitrogens is 1. The summed E-state index contributed by atoms with van der Waals surface area (Å²) in [6.07, 6.45) is 2.19. The third-order valence-electron chi connectivity index (χ3n) is 7.01. The SMILES string of the molecule is Cc1ccc2c3c1-c1c(ccc[n+]1C)C(C)(C)[Si]3(C)c1ccccc1-2. The van der Waals surface area contributed by atoms with Gasteiger partial charge in [0.05, 0.1) is 0 Å². The monoisotopic (exact) mass is 342 g/mol. The molecule has 3 heterocycles. The van der Waals surface area contributed by atoms with Crippen molar-refractivity contribution in [1.82, 2.24) is 0 Å². The van der Waals surface area contributed by atoms with Gasteiger partial charge in [0.1, 0.15) is 15.1 Å². The molecule has 2 heteroatoms. The number of fused-ring (bicyclic) bond motifs is 5. The fraction of sp³-hybridized carbons (Fsp3) is 0.261. The molecule has 0 saturated heterocycles. The van der Waals surface area contributed by atoms with Gasteiger partial charge >= 0.3 is 0 Å². The summed E-state index contributed by atoms with van der Waals surface area (Å²) < 4.78 is 2.33. The average molecular weight is 343 g/mol. The van der Waals surface area contributed by atoms with Crippen molar-refractivity contribution in [3.63, 3.8) is 0 Å². The molecule has 2 aliphatic rings. The highest BCUT2D eigenvalue weighted by molar-refractivity contribution is 7.07. The standard InChI is InChI=1S/C23H24NSi/c1-15-12-13-17-16-9-6-7-11-19(16)25(5)22(17)20(15)21-18(23(25,2)3)10-8-14-24(21)4/h6-14H,1-5H3/q+1. The Labute approximate surface area is 151 Å². The van der Waals surface area contributed by atoms with E-state index < -0.39 is 8.07 Å². The minimum absolute atomic E-state index is 0.156. The number of rotatable bonds is 0. The zero-order valence-corrected chi connectivity index (χ0v) is 16.6. The van der Waals surface area contributed by atoms with Crippen LogP contribution in [0.25, 0.3) is 22.4 Å². The first-order chi connectivity index (χ1) is 11.9. The second kappa shape index (κ2) is 4.50. The molecule has 1 nitrogen and oxygen atoms in total. The Balaban J connectivity index is 2.06. The predicted molar refractivity (Wildman–Crippen MR) is 107 cm³/mol. The highest BCUT2D eigenvalue weighted by Gasteiger charge is 2.58. The van der Waals surface area contributed by atoms with Crippen LogP contribution < -0.4 is 14.9 Å². The molecular formula is C23H24NSi+. The first kappa shape index (κ1) is 15.1. The first-order valence-electron chi connectivity index (χ1n) is 9.12. The lowest BCUT2D eigenvalue weighted by Gasteiger charge is -2.45. The number of pyridine rings is 1. The van der Waals surface area contributed by atoms with E-state index in [4.69, 9.17) is 0 Å². The second-order valence-electron chi connectivity index (χ2n) is 8.36. The molecule has 1 aromatic heterocycles. The third kappa shape index (κ3) is 1.53. The van der Waals surface area contributed by atoms with E-state index in [1.165, 1.54) is 33.5 Å². The molecule has 0 bridgehead atoms. The second-order valence-corrected chi connectivity index (χ2v) is 12.9. The summed E-state index contributed by atoms with van der Waals surface area (Å²) in [5, 5.41) is 3.43. The van der Waals surface area contributed by atoms with Crippen LogP contribution in [0.15, 0.2) is 54.7 Å². The smallest absolute Gasteiger partial charge is 0.201 e. The van der Waals surface area contributed by atoms with E-state index in [0.717, 1.165) is 0 Å². The van der Waals surface area contributed by atoms with Crippen LogP contribution in [0.5, 0.6) is 0 Å². The molecule has 5 rings (SSSR count). The maximum atomic E-state index is 2.59. The summed E-state index contributed by atoms with van der Waals surface area (Å²) in [6, 6.07) is 18.4. The largest absolute Gasteiger partial charge is 0.215 e. The van der Waals surface area contributed by atoms with E-state index in [0.29, 0.717) is 0 Å². The zero-order valence-electron chi connectivity index (χ0n) is 15.6. The Kier molecular flexibility index (Phi) is 2.72. The quantitative estimate of drug-likeness (QED) is 0.435. The van der Waals surface area contributed by atoms with Crippen LogP contribution >= 0.6 is 0 Å². The molecule has 124 valence electrons. The van der Waals surface area contributed by atoms with Crippen molar-refractivity contribution >= 4 is 18.4 Å². The fourth-order valence-corrected chi connectivity index (χ4v) is 10.5. The number of benzene rings is 2. The third-order valence-corrected chi connectivity index (χ3v) is 12.8. The van der Waals surface area contributed by atoms with E-state index >= 15 is 0 Å². The Morgan fingerprint density at radius 2 is 1.68 bits per heavy atom. The lowest BCUT2D eigenvalue weighted by Crippen LogP contribution is -2.68. The molecule has 3 aromatic rings. The molecule has 0 aliphatic carbocycles. The van der Waals surface area contributed by atoms with Gasteiger partial charge < -0.3 is 0 Å². The molecule has 0 radical (unpaired) electrons. The van der Waals surface area contributed by atoms with E-state index in [2.05, 4.69) is 93.7 Å². The van der Waals surface area contributed by atoms with Gasteiger partial charge in [0.15, 0.2) is 6.20 Å². The normalized spacial score (nSPS) is 21.5. The molecule has 25 heavy (non-hydrogen) atoms. The molecule has 1 atom stereocenters. The summed E-state index contributed by atoms with van der Waals surface area (Å²) in [5.74, 6) is 0. The fourth-order valence-electron chi connectivity index (χ4n) is 5.39. The molecule has 1 unspecified atom stereocenters. The van der Waals surface area contributed by atoms with Crippen LogP contribution in [0.2, 0.25) is 6.55 Å². The number of hydrogen-bond donors (Lipinski definition) is 0. The molecule has 0 amide bonds. The van der Waals surface area contributed by atoms with Crippen molar-refractivity contribution in [3.05, 3.63) is 65.9 Å². The van der Waals surface area contributed by atoms with Crippen LogP contribution in [0.1, 0.15) is 25.0 Å². The van der Waals surface area contributed by atoms with Gasteiger partial charge in [0.25, 0.3) is 0 Å². The highest BCUT2D eigenvalue weighted by atomic mass is 28.3. The van der Waals surface area contributed by atoms with Crippen molar-refractivity contribution in [1.29, 1.82) is 0 Å². The van der Waals surface area contributed by atoms with Crippen LogP contribution in [-0.2, 0) is 12.1 Å². The summed E-state index contributed by atoms with van der Waals surface area (Å²) in [4.78, 5) is 0. The Morgan fingerprint density at radius 1 is 0.920 bits per heavy atom. The summed E-state index contributed by atoms with van der Waals surface area (Å²) in [5.41, 5.74) is 8.78. The van der Waals surface area contributed by atoms with Gasteiger partial charge in [-0.05, 0) is 45.1 Å². The lowest BCUT2D eigenvalue weighted by molar-refractivity contribution is -0.660. The van der Waals surface area contributed by atoms with E-state index in [9.17, 15) is 0 Å². The van der Waals surface area contributed by atoms with Crippen molar-refractivity contribution in [2.45, 2.75) is 32.4 Å². The molecule has 2 aliphatic heterocycles. The van der Waals surface area contributed by atoms with Crippen LogP contribution in [-0.4, -0.2) is 8.07 Å². The molecule has 2 aromatic carbocycles. The van der Waals surface area contributed by atoms with Crippen LogP contribution in [0.3, 0.4) is 0 Å². The van der Waals surface area contributed by atoms with Crippen molar-refractivity contribution in [2.75, 3.05) is 0 Å². The number of nitrogens with zero attached hydrogens (tertiary/aromatic N) is 1. The van der Waals surface area contributed by atoms with Gasteiger partial charge in [0, 0.05) is 17.2 Å². The minimum atomic E-state index is -1.91. The van der Waals surface area contributed by atoms with Crippen molar-refractivity contribution < 1.29 is 4.57 Å². The minimum Gasteiger partial charge on any atom is -0.201 e. The number of aryl methyl sites for hydroxylation is 2. The van der Waals surface area contributed by atoms with Gasteiger partial charge in [-0.2, -0.15) is 0 Å². The summed E-state index contributed by atoms with van der Waals surface area (Å²) >= 11 is 0. The Bertz CT molecular complexity index is 1060. The van der Waals surface area contributed by atoms with Gasteiger partial charge in [0.2, 0.25) is 5.69 Å². The van der Waals surface area contributed by atoms with Crippen LogP contribution in [0.4, 0.5) is 0 Å². The molecule has 0 fully saturated rings. The first-order valence-corrected chi connectivity index (χ1v) is 11.6. The molecule has 0 saturated carbocycles. The highest BCUT2D eigenvalue weighted by Crippen LogP contribution is 2.48. The van der Waals surface area contributed by atoms with E-state index in [1.807, 2.05) is 0 Å². The van der Waals surface area contributed by atoms with Crippen molar-refractivity contribution in [2.24, 2.45) is 7.05 Å². The van der Waals surface area contributed by atoms with E-state index in [-0.39, 0.29) is 5.04 Å². The Morgan fingerprint density at radius 3 is 2.48 bits per heavy atom. The average Bonchev–Trinajstić information content (AvgIpc) is 2.86. The molecular weight excluding hydrogens is 318 g/mol. The topological polar surface area (TPSA) is 3.88 Å². The predicted octanol–water partition coefficient (Wildman–Crippen LogP) is 3.49. The summed E-state index contributed by atoms with van der Waals surface area (Å²) in [6.45, 7) is 9.84. The van der Waals surface area contributed by atoms with Crippen molar-refractivity contribution in [3.8, 4) is 22.4 Å². The van der Waals surface area contributed by atoms with Gasteiger partial charge in [-0.25, -0.2) is 4.57 Å². The number of hydrogen-bond acceptors (Lipinski definition) is 0. The molecule has 0 spiro atoms. The van der Waals surface area contributed by atoms with Gasteiger partial charge in [-0.3, -0.25) is 0 Å². The summed E-state index contributed by atoms with van der Waals surface area (Å²) in [7, 11) is 0.289. The van der Waals surface area contributed by atoms with Gasteiger partial charge in [-0.15, -0.1) is 0 Å². The maximum absolute atomic E-state index is 2.59. The Hall–Kier alpha value is -2.19.